The number of hydrogen-bond acceptors (Lipinski definition) is 5. The first-order chi connectivity index (χ1) is 7.13. The van der Waals surface area contributed by atoms with Gasteiger partial charge in [-0.3, -0.25) is 4.79 Å². The van der Waals surface area contributed by atoms with E-state index in [0.29, 0.717) is 18.8 Å². The molecule has 0 fully saturated rings. The fraction of sp³-hybridized carbons (Fsp3) is 0.750. The molecule has 1 amide bonds. The maximum Gasteiger partial charge on any atom is 0.220 e. The number of rotatable bonds is 5. The minimum absolute atomic E-state index is 0.0507. The van der Waals surface area contributed by atoms with Gasteiger partial charge in [0.25, 0.3) is 0 Å². The Bertz CT molecular complexity index is 298. The third-order valence-corrected chi connectivity index (χ3v) is 2.06. The zero-order valence-electron chi connectivity index (χ0n) is 8.90. The molecular formula is C8H16N6O. The molecular weight excluding hydrogens is 196 g/mol. The molecule has 7 nitrogen and oxygen atoms in total. The van der Waals surface area contributed by atoms with Crippen LogP contribution in [0.25, 0.3) is 0 Å². The van der Waals surface area contributed by atoms with E-state index in [9.17, 15) is 4.79 Å². The van der Waals surface area contributed by atoms with Crippen LogP contribution in [0.4, 0.5) is 0 Å². The van der Waals surface area contributed by atoms with Crippen LogP contribution in [0.5, 0.6) is 0 Å². The second-order valence-electron chi connectivity index (χ2n) is 3.60. The average Bonchev–Trinajstić information content (AvgIpc) is 2.70. The summed E-state index contributed by atoms with van der Waals surface area (Å²) in [5.41, 5.74) is 5.43. The van der Waals surface area contributed by atoms with Gasteiger partial charge in [0.05, 0.1) is 6.04 Å². The van der Waals surface area contributed by atoms with Crippen LogP contribution in [0.2, 0.25) is 0 Å². The molecule has 1 rings (SSSR count). The number of aromatic nitrogens is 4. The summed E-state index contributed by atoms with van der Waals surface area (Å²) in [6.07, 6.45) is 0.415. The molecule has 4 N–H and O–H groups in total. The Morgan fingerprint density at radius 3 is 2.87 bits per heavy atom. The van der Waals surface area contributed by atoms with Gasteiger partial charge in [-0.25, -0.2) is 0 Å². The molecule has 0 aliphatic rings. The highest BCUT2D eigenvalue weighted by molar-refractivity contribution is 5.76. The van der Waals surface area contributed by atoms with E-state index < -0.39 is 0 Å². The molecule has 1 aromatic heterocycles. The van der Waals surface area contributed by atoms with Crippen molar-refractivity contribution in [3.8, 4) is 0 Å². The molecule has 0 radical (unpaired) electrons. The molecule has 2 atom stereocenters. The summed E-state index contributed by atoms with van der Waals surface area (Å²) < 4.78 is 0. The fourth-order valence-corrected chi connectivity index (χ4v) is 1.12. The van der Waals surface area contributed by atoms with E-state index in [0.717, 1.165) is 0 Å². The largest absolute Gasteiger partial charge is 0.346 e. The molecule has 0 saturated carbocycles. The van der Waals surface area contributed by atoms with Crippen LogP contribution in [0, 0.1) is 5.92 Å². The summed E-state index contributed by atoms with van der Waals surface area (Å²) >= 11 is 0. The zero-order chi connectivity index (χ0) is 11.3. The zero-order valence-corrected chi connectivity index (χ0v) is 8.90. The van der Waals surface area contributed by atoms with Gasteiger partial charge in [0.15, 0.2) is 5.82 Å². The smallest absolute Gasteiger partial charge is 0.220 e. The number of nitrogens with zero attached hydrogens (tertiary/aromatic N) is 3. The lowest BCUT2D eigenvalue weighted by Crippen LogP contribution is -2.30. The van der Waals surface area contributed by atoms with E-state index >= 15 is 0 Å². The Hall–Kier alpha value is -1.50. The van der Waals surface area contributed by atoms with Crippen molar-refractivity contribution >= 4 is 5.91 Å². The van der Waals surface area contributed by atoms with E-state index in [1.165, 1.54) is 0 Å². The van der Waals surface area contributed by atoms with Crippen LogP contribution in [-0.4, -0.2) is 33.1 Å². The number of carbonyl (C=O) groups excluding carboxylic acids is 1. The van der Waals surface area contributed by atoms with Crippen molar-refractivity contribution < 1.29 is 4.79 Å². The summed E-state index contributed by atoms with van der Waals surface area (Å²) in [5.74, 6) is 0.608. The van der Waals surface area contributed by atoms with Crippen molar-refractivity contribution in [2.24, 2.45) is 11.7 Å². The molecule has 0 aliphatic carbocycles. The quantitative estimate of drug-likeness (QED) is 0.601. The van der Waals surface area contributed by atoms with Crippen molar-refractivity contribution in [3.05, 3.63) is 5.82 Å². The van der Waals surface area contributed by atoms with Crippen molar-refractivity contribution in [1.29, 1.82) is 0 Å². The van der Waals surface area contributed by atoms with E-state index in [-0.39, 0.29) is 17.9 Å². The van der Waals surface area contributed by atoms with Crippen molar-refractivity contribution in [3.63, 3.8) is 0 Å². The SMILES string of the molecule is CC(CN)CC(=O)NC(C)c1nn[nH]n1. The second-order valence-corrected chi connectivity index (χ2v) is 3.60. The summed E-state index contributed by atoms with van der Waals surface area (Å²) in [6, 6.07) is -0.235. The molecule has 1 aromatic rings. The minimum Gasteiger partial charge on any atom is -0.346 e. The van der Waals surface area contributed by atoms with Gasteiger partial charge in [-0.2, -0.15) is 5.21 Å². The van der Waals surface area contributed by atoms with E-state index in [1.807, 2.05) is 6.92 Å². The number of carbonyl (C=O) groups is 1. The molecule has 0 spiro atoms. The van der Waals surface area contributed by atoms with Crippen molar-refractivity contribution in [2.45, 2.75) is 26.3 Å². The first kappa shape index (κ1) is 11.6. The Kier molecular flexibility index (Phi) is 4.17. The number of hydrogen-bond donors (Lipinski definition) is 3. The summed E-state index contributed by atoms with van der Waals surface area (Å²) in [5, 5.41) is 16.1. The van der Waals surface area contributed by atoms with Crippen LogP contribution in [0.1, 0.15) is 32.1 Å². The number of tetrazole rings is 1. The number of nitrogens with two attached hydrogens (primary N) is 1. The molecule has 1 heterocycles. The highest BCUT2D eigenvalue weighted by Crippen LogP contribution is 2.05. The Morgan fingerprint density at radius 2 is 2.33 bits per heavy atom. The first-order valence-electron chi connectivity index (χ1n) is 4.86. The van der Waals surface area contributed by atoms with Crippen LogP contribution >= 0.6 is 0 Å². The predicted octanol–water partition coefficient (Wildman–Crippen LogP) is -0.638. The first-order valence-corrected chi connectivity index (χ1v) is 4.86. The minimum atomic E-state index is -0.235. The molecule has 0 bridgehead atoms. The lowest BCUT2D eigenvalue weighted by atomic mass is 10.1. The molecule has 84 valence electrons. The van der Waals surface area contributed by atoms with Gasteiger partial charge >= 0.3 is 0 Å². The predicted molar refractivity (Wildman–Crippen MR) is 53.6 cm³/mol. The Balaban J connectivity index is 2.38. The third-order valence-electron chi connectivity index (χ3n) is 2.06. The van der Waals surface area contributed by atoms with Crippen molar-refractivity contribution in [1.82, 2.24) is 25.9 Å². The maximum atomic E-state index is 11.5. The van der Waals surface area contributed by atoms with Crippen LogP contribution in [-0.2, 0) is 4.79 Å². The highest BCUT2D eigenvalue weighted by Gasteiger charge is 2.14. The molecule has 0 saturated heterocycles. The third kappa shape index (κ3) is 3.62. The number of amides is 1. The monoisotopic (exact) mass is 212 g/mol. The summed E-state index contributed by atoms with van der Waals surface area (Å²) in [4.78, 5) is 11.5. The molecule has 7 heteroatoms. The van der Waals surface area contributed by atoms with Crippen LogP contribution in [0.3, 0.4) is 0 Å². The summed E-state index contributed by atoms with van der Waals surface area (Å²) in [6.45, 7) is 4.23. The van der Waals surface area contributed by atoms with Gasteiger partial charge in [-0.15, -0.1) is 10.2 Å². The molecule has 15 heavy (non-hydrogen) atoms. The highest BCUT2D eigenvalue weighted by atomic mass is 16.1. The lowest BCUT2D eigenvalue weighted by Gasteiger charge is -2.12. The molecule has 0 aromatic carbocycles. The second kappa shape index (κ2) is 5.40. The number of aromatic amines is 1. The molecule has 0 aliphatic heterocycles. The summed E-state index contributed by atoms with van der Waals surface area (Å²) in [7, 11) is 0. The van der Waals surface area contributed by atoms with Gasteiger partial charge in [-0.1, -0.05) is 12.1 Å². The van der Waals surface area contributed by atoms with Crippen LogP contribution in [0.15, 0.2) is 0 Å². The topological polar surface area (TPSA) is 110 Å². The van der Waals surface area contributed by atoms with E-state index in [4.69, 9.17) is 5.73 Å². The van der Waals surface area contributed by atoms with Crippen LogP contribution < -0.4 is 11.1 Å². The normalized spacial score (nSPS) is 14.6. The maximum absolute atomic E-state index is 11.5. The van der Waals surface area contributed by atoms with Gasteiger partial charge in [0.2, 0.25) is 5.91 Å². The lowest BCUT2D eigenvalue weighted by molar-refractivity contribution is -0.122. The number of nitrogens with one attached hydrogen (secondary N) is 2. The van der Waals surface area contributed by atoms with E-state index in [1.54, 1.807) is 6.92 Å². The van der Waals surface area contributed by atoms with Gasteiger partial charge in [0, 0.05) is 6.42 Å². The van der Waals surface area contributed by atoms with Crippen molar-refractivity contribution in [2.75, 3.05) is 6.54 Å². The van der Waals surface area contributed by atoms with Gasteiger partial charge < -0.3 is 11.1 Å². The fourth-order valence-electron chi connectivity index (χ4n) is 1.12. The standard InChI is InChI=1S/C8H16N6O/c1-5(4-9)3-7(15)10-6(2)8-11-13-14-12-8/h5-6H,3-4,9H2,1-2H3,(H,10,15)(H,11,12,13,14). The molecule has 2 unspecified atom stereocenters. The van der Waals surface area contributed by atoms with E-state index in [2.05, 4.69) is 25.9 Å². The van der Waals surface area contributed by atoms with Gasteiger partial charge in [-0.05, 0) is 19.4 Å². The Labute approximate surface area is 87.8 Å². The Morgan fingerprint density at radius 1 is 1.60 bits per heavy atom. The number of H-pyrrole nitrogens is 1. The average molecular weight is 212 g/mol. The van der Waals surface area contributed by atoms with Gasteiger partial charge in [0.1, 0.15) is 0 Å².